The lowest BCUT2D eigenvalue weighted by Crippen LogP contribution is -2.14. The molecule has 0 amide bonds. The molecule has 0 aliphatic heterocycles. The number of rotatable bonds is 6. The van der Waals surface area contributed by atoms with Crippen LogP contribution in [0.25, 0.3) is 0 Å². The van der Waals surface area contributed by atoms with Crippen LogP contribution in [0.5, 0.6) is 0 Å². The smallest absolute Gasteiger partial charge is 0.294 e. The van der Waals surface area contributed by atoms with Crippen molar-refractivity contribution < 1.29 is 13.3 Å². The molecule has 0 saturated heterocycles. The van der Waals surface area contributed by atoms with Crippen molar-refractivity contribution in [1.82, 2.24) is 10.2 Å². The molecule has 1 heterocycles. The lowest BCUT2D eigenvalue weighted by Gasteiger charge is -2.12. The Balaban J connectivity index is 1.95. The zero-order chi connectivity index (χ0) is 19.6. The summed E-state index contributed by atoms with van der Waals surface area (Å²) in [5.74, 6) is 0. The summed E-state index contributed by atoms with van der Waals surface area (Å²) in [7, 11) is -3.98. The molecule has 140 valence electrons. The Morgan fingerprint density at radius 2 is 1.85 bits per heavy atom. The number of nitrogens with one attached hydrogen (secondary N) is 3. The predicted octanol–water partition coefficient (Wildman–Crippen LogP) is 3.48. The molecule has 0 aliphatic carbocycles. The summed E-state index contributed by atoms with van der Waals surface area (Å²) in [6.07, 6.45) is 2.98. The Labute approximate surface area is 155 Å². The van der Waals surface area contributed by atoms with Crippen molar-refractivity contribution in [2.45, 2.75) is 18.7 Å². The van der Waals surface area contributed by atoms with Gasteiger partial charge in [-0.2, -0.15) is 5.10 Å². The first-order valence-corrected chi connectivity index (χ1v) is 9.39. The van der Waals surface area contributed by atoms with Crippen LogP contribution in [-0.4, -0.2) is 23.5 Å². The van der Waals surface area contributed by atoms with Crippen molar-refractivity contribution in [1.29, 1.82) is 0 Å². The van der Waals surface area contributed by atoms with Crippen molar-refractivity contribution in [3.63, 3.8) is 0 Å². The van der Waals surface area contributed by atoms with E-state index in [0.29, 0.717) is 11.4 Å². The third kappa shape index (κ3) is 4.06. The maximum absolute atomic E-state index is 12.7. The highest BCUT2D eigenvalue weighted by atomic mass is 32.2. The third-order valence-electron chi connectivity index (χ3n) is 3.88. The maximum atomic E-state index is 12.7. The molecule has 0 aliphatic rings. The number of aromatic amines is 1. The highest BCUT2D eigenvalue weighted by Crippen LogP contribution is 2.31. The van der Waals surface area contributed by atoms with Gasteiger partial charge in [0.2, 0.25) is 0 Å². The van der Waals surface area contributed by atoms with Crippen LogP contribution in [-0.2, 0) is 10.0 Å². The highest BCUT2D eigenvalue weighted by molar-refractivity contribution is 7.92. The largest absolute Gasteiger partial charge is 0.347 e. The lowest BCUT2D eigenvalue weighted by atomic mass is 10.1. The van der Waals surface area contributed by atoms with Gasteiger partial charge in [0.15, 0.2) is 0 Å². The maximum Gasteiger partial charge on any atom is 0.294 e. The fourth-order valence-electron chi connectivity index (χ4n) is 2.54. The van der Waals surface area contributed by atoms with E-state index in [0.717, 1.165) is 17.2 Å². The number of aryl methyl sites for hydroxylation is 2. The fraction of sp³-hybridized carbons (Fsp3) is 0.118. The number of nitrogens with zero attached hydrogens (tertiary/aromatic N) is 2. The molecule has 0 bridgehead atoms. The zero-order valence-electron chi connectivity index (χ0n) is 14.6. The summed E-state index contributed by atoms with van der Waals surface area (Å²) in [6.45, 7) is 3.69. The molecule has 0 fully saturated rings. The first-order valence-electron chi connectivity index (χ1n) is 7.90. The number of hydrogen-bond acceptors (Lipinski definition) is 6. The Kier molecular flexibility index (Phi) is 4.82. The van der Waals surface area contributed by atoms with Crippen molar-refractivity contribution in [3.05, 3.63) is 70.0 Å². The van der Waals surface area contributed by atoms with Gasteiger partial charge in [0.05, 0.1) is 27.4 Å². The first kappa shape index (κ1) is 18.4. The molecule has 3 N–H and O–H groups in total. The topological polar surface area (TPSA) is 130 Å². The first-order chi connectivity index (χ1) is 12.8. The van der Waals surface area contributed by atoms with E-state index in [2.05, 4.69) is 20.2 Å². The molecule has 0 unspecified atom stereocenters. The van der Waals surface area contributed by atoms with Gasteiger partial charge in [0, 0.05) is 12.3 Å². The molecule has 27 heavy (non-hydrogen) atoms. The van der Waals surface area contributed by atoms with Crippen LogP contribution in [0, 0.1) is 24.0 Å². The Hall–Kier alpha value is -3.40. The molecular formula is C17H17N5O4S. The number of nitro benzene ring substituents is 1. The third-order valence-corrected chi connectivity index (χ3v) is 5.24. The number of anilines is 3. The Bertz CT molecular complexity index is 1090. The van der Waals surface area contributed by atoms with Gasteiger partial charge in [-0.15, -0.1) is 0 Å². The number of nitro groups is 1. The predicted molar refractivity (Wildman–Crippen MR) is 102 cm³/mol. The molecule has 0 spiro atoms. The van der Waals surface area contributed by atoms with Gasteiger partial charge in [0.1, 0.15) is 5.69 Å². The van der Waals surface area contributed by atoms with Gasteiger partial charge in [-0.3, -0.25) is 19.9 Å². The molecule has 3 rings (SSSR count). The van der Waals surface area contributed by atoms with Crippen LogP contribution in [0.2, 0.25) is 0 Å². The van der Waals surface area contributed by atoms with E-state index in [-0.39, 0.29) is 16.3 Å². The van der Waals surface area contributed by atoms with Crippen LogP contribution in [0.15, 0.2) is 53.7 Å². The van der Waals surface area contributed by atoms with Crippen molar-refractivity contribution in [3.8, 4) is 0 Å². The second kappa shape index (κ2) is 7.08. The minimum Gasteiger partial charge on any atom is -0.347 e. The molecule has 0 atom stereocenters. The SMILES string of the molecule is Cc1ccc(NS(=O)(=O)c2ccc(Nc3cn[nH]c3)c([N+](=O)[O-])c2)c(C)c1. The summed E-state index contributed by atoms with van der Waals surface area (Å²) in [5.41, 5.74) is 2.49. The number of H-pyrrole nitrogens is 1. The van der Waals surface area contributed by atoms with E-state index in [9.17, 15) is 18.5 Å². The molecule has 9 nitrogen and oxygen atoms in total. The van der Waals surface area contributed by atoms with E-state index < -0.39 is 14.9 Å². The highest BCUT2D eigenvalue weighted by Gasteiger charge is 2.22. The Morgan fingerprint density at radius 1 is 1.11 bits per heavy atom. The van der Waals surface area contributed by atoms with Crippen LogP contribution >= 0.6 is 0 Å². The molecule has 10 heteroatoms. The standard InChI is InChI=1S/C17H17N5O4S/c1-11-3-5-15(12(2)7-11)21-27(25,26)14-4-6-16(17(8-14)22(23)24)20-13-9-18-19-10-13/h3-10,20-21H,1-2H3,(H,18,19). The van der Waals surface area contributed by atoms with Crippen molar-refractivity contribution in [2.24, 2.45) is 0 Å². The van der Waals surface area contributed by atoms with Gasteiger partial charge in [-0.05, 0) is 37.6 Å². The van der Waals surface area contributed by atoms with Gasteiger partial charge in [0.25, 0.3) is 15.7 Å². The summed E-state index contributed by atoms with van der Waals surface area (Å²) in [6, 6.07) is 8.96. The quantitative estimate of drug-likeness (QED) is 0.438. The number of hydrogen-bond donors (Lipinski definition) is 3. The number of benzene rings is 2. The van der Waals surface area contributed by atoms with Crippen molar-refractivity contribution in [2.75, 3.05) is 10.0 Å². The Morgan fingerprint density at radius 3 is 2.48 bits per heavy atom. The van der Waals surface area contributed by atoms with Crippen LogP contribution in [0.3, 0.4) is 0 Å². The molecule has 0 saturated carbocycles. The minimum atomic E-state index is -3.98. The van der Waals surface area contributed by atoms with Gasteiger partial charge in [-0.25, -0.2) is 8.42 Å². The van der Waals surface area contributed by atoms with Gasteiger partial charge < -0.3 is 5.32 Å². The number of aromatic nitrogens is 2. The lowest BCUT2D eigenvalue weighted by molar-refractivity contribution is -0.384. The zero-order valence-corrected chi connectivity index (χ0v) is 15.4. The second-order valence-corrected chi connectivity index (χ2v) is 7.65. The monoisotopic (exact) mass is 387 g/mol. The molecular weight excluding hydrogens is 370 g/mol. The fourth-order valence-corrected chi connectivity index (χ4v) is 3.69. The van der Waals surface area contributed by atoms with Crippen LogP contribution in [0.4, 0.5) is 22.7 Å². The minimum absolute atomic E-state index is 0.159. The molecule has 2 aromatic carbocycles. The molecule has 1 aromatic heterocycles. The van der Waals surface area contributed by atoms with E-state index >= 15 is 0 Å². The summed E-state index contributed by atoms with van der Waals surface area (Å²) in [5, 5.41) is 20.6. The number of sulfonamides is 1. The summed E-state index contributed by atoms with van der Waals surface area (Å²) < 4.78 is 27.8. The summed E-state index contributed by atoms with van der Waals surface area (Å²) >= 11 is 0. The van der Waals surface area contributed by atoms with Crippen LogP contribution in [0.1, 0.15) is 11.1 Å². The van der Waals surface area contributed by atoms with Gasteiger partial charge >= 0.3 is 0 Å². The molecule has 3 aromatic rings. The average Bonchev–Trinajstić information content (AvgIpc) is 3.10. The van der Waals surface area contributed by atoms with E-state index in [1.54, 1.807) is 19.1 Å². The van der Waals surface area contributed by atoms with E-state index in [1.807, 2.05) is 13.0 Å². The van der Waals surface area contributed by atoms with Crippen LogP contribution < -0.4 is 10.0 Å². The van der Waals surface area contributed by atoms with E-state index in [1.165, 1.54) is 24.5 Å². The second-order valence-electron chi connectivity index (χ2n) is 5.97. The molecule has 0 radical (unpaired) electrons. The van der Waals surface area contributed by atoms with Crippen molar-refractivity contribution >= 4 is 32.8 Å². The summed E-state index contributed by atoms with van der Waals surface area (Å²) in [4.78, 5) is 10.6. The normalized spacial score (nSPS) is 11.2. The average molecular weight is 387 g/mol. The van der Waals surface area contributed by atoms with E-state index in [4.69, 9.17) is 0 Å². The van der Waals surface area contributed by atoms with Gasteiger partial charge in [-0.1, -0.05) is 17.7 Å².